The van der Waals surface area contributed by atoms with E-state index in [1.807, 2.05) is 43.3 Å². The number of aromatic nitrogens is 4. The summed E-state index contributed by atoms with van der Waals surface area (Å²) in [4.78, 5) is 21.0. The second-order valence-corrected chi connectivity index (χ2v) is 7.27. The molecular formula is C21H19N5OS. The van der Waals surface area contributed by atoms with E-state index in [9.17, 15) is 4.79 Å². The molecule has 0 radical (unpaired) electrons. The van der Waals surface area contributed by atoms with Crippen LogP contribution in [0, 0.1) is 0 Å². The predicted molar refractivity (Wildman–Crippen MR) is 111 cm³/mol. The number of pyridine rings is 1. The monoisotopic (exact) mass is 389 g/mol. The van der Waals surface area contributed by atoms with Crippen LogP contribution in [-0.4, -0.2) is 31.8 Å². The highest BCUT2D eigenvalue weighted by atomic mass is 32.2. The number of nitrogens with one attached hydrogen (secondary N) is 2. The number of nitrogens with zero attached hydrogens (tertiary/aromatic N) is 3. The highest BCUT2D eigenvalue weighted by Gasteiger charge is 2.14. The van der Waals surface area contributed by atoms with Gasteiger partial charge >= 0.3 is 0 Å². The van der Waals surface area contributed by atoms with Gasteiger partial charge in [0, 0.05) is 6.20 Å². The van der Waals surface area contributed by atoms with Crippen LogP contribution in [0.5, 0.6) is 0 Å². The van der Waals surface area contributed by atoms with Crippen LogP contribution in [0.3, 0.4) is 0 Å². The van der Waals surface area contributed by atoms with Crippen molar-refractivity contribution < 1.29 is 4.79 Å². The Hall–Kier alpha value is -3.19. The molecule has 7 heteroatoms. The lowest BCUT2D eigenvalue weighted by atomic mass is 10.00. The van der Waals surface area contributed by atoms with Gasteiger partial charge in [0.2, 0.25) is 11.1 Å². The lowest BCUT2D eigenvalue weighted by Gasteiger charge is -2.16. The standard InChI is InChI=1S/C21H19N5OS/c1-14(16-10-6-8-15-7-2-3-9-17(15)16)23-19(27)13-28-21-24-20(25-26-21)18-11-4-5-12-22-18/h2-12,14H,13H2,1H3,(H,23,27)(H,24,25,26). The van der Waals surface area contributed by atoms with Crippen LogP contribution in [0.4, 0.5) is 0 Å². The van der Waals surface area contributed by atoms with Gasteiger partial charge in [0.05, 0.1) is 11.8 Å². The average molecular weight is 389 g/mol. The Balaban J connectivity index is 1.37. The number of aromatic amines is 1. The zero-order chi connectivity index (χ0) is 19.3. The minimum atomic E-state index is -0.0876. The molecule has 2 heterocycles. The molecular weight excluding hydrogens is 370 g/mol. The minimum Gasteiger partial charge on any atom is -0.349 e. The highest BCUT2D eigenvalue weighted by Crippen LogP contribution is 2.24. The predicted octanol–water partition coefficient (Wildman–Crippen LogP) is 3.99. The Morgan fingerprint density at radius 2 is 1.93 bits per heavy atom. The van der Waals surface area contributed by atoms with Crippen molar-refractivity contribution in [2.75, 3.05) is 5.75 Å². The van der Waals surface area contributed by atoms with Crippen molar-refractivity contribution in [2.45, 2.75) is 18.1 Å². The summed E-state index contributed by atoms with van der Waals surface area (Å²) in [5.41, 5.74) is 1.82. The van der Waals surface area contributed by atoms with Gasteiger partial charge in [-0.2, -0.15) is 4.98 Å². The molecule has 0 saturated heterocycles. The van der Waals surface area contributed by atoms with E-state index in [1.54, 1.807) is 6.20 Å². The number of benzene rings is 2. The van der Waals surface area contributed by atoms with Gasteiger partial charge in [-0.25, -0.2) is 0 Å². The van der Waals surface area contributed by atoms with Crippen LogP contribution >= 0.6 is 11.8 Å². The van der Waals surface area contributed by atoms with E-state index in [0.29, 0.717) is 11.0 Å². The van der Waals surface area contributed by atoms with Crippen molar-refractivity contribution in [3.05, 3.63) is 72.4 Å². The highest BCUT2D eigenvalue weighted by molar-refractivity contribution is 7.99. The molecule has 2 aromatic heterocycles. The van der Waals surface area contributed by atoms with Gasteiger partial charge < -0.3 is 5.32 Å². The molecule has 0 aliphatic heterocycles. The normalized spacial score (nSPS) is 12.0. The first-order valence-corrected chi connectivity index (χ1v) is 9.93. The number of thioether (sulfide) groups is 1. The maximum absolute atomic E-state index is 12.4. The summed E-state index contributed by atoms with van der Waals surface area (Å²) in [7, 11) is 0. The van der Waals surface area contributed by atoms with Crippen LogP contribution in [-0.2, 0) is 4.79 Å². The summed E-state index contributed by atoms with van der Waals surface area (Å²) in [5, 5.41) is 12.9. The van der Waals surface area contributed by atoms with E-state index in [0.717, 1.165) is 16.6 Å². The lowest BCUT2D eigenvalue weighted by Crippen LogP contribution is -2.28. The second kappa shape index (κ2) is 8.22. The van der Waals surface area contributed by atoms with Crippen LogP contribution in [0.1, 0.15) is 18.5 Å². The fourth-order valence-electron chi connectivity index (χ4n) is 3.05. The zero-order valence-electron chi connectivity index (χ0n) is 15.3. The molecule has 0 aliphatic rings. The summed E-state index contributed by atoms with van der Waals surface area (Å²) in [6.45, 7) is 2.00. The molecule has 1 amide bonds. The van der Waals surface area contributed by atoms with Crippen molar-refractivity contribution in [3.8, 4) is 11.5 Å². The van der Waals surface area contributed by atoms with E-state index in [4.69, 9.17) is 0 Å². The SMILES string of the molecule is CC(NC(=O)CSc1n[nH]c(-c2ccccn2)n1)c1cccc2ccccc12. The summed E-state index contributed by atoms with van der Waals surface area (Å²) in [6.07, 6.45) is 1.70. The molecule has 28 heavy (non-hydrogen) atoms. The first kappa shape index (κ1) is 18.2. The van der Waals surface area contributed by atoms with E-state index in [-0.39, 0.29) is 17.7 Å². The summed E-state index contributed by atoms with van der Waals surface area (Å²) >= 11 is 1.29. The number of amides is 1. The molecule has 1 unspecified atom stereocenters. The molecule has 1 atom stereocenters. The average Bonchev–Trinajstić information content (AvgIpc) is 3.21. The van der Waals surface area contributed by atoms with Crippen LogP contribution < -0.4 is 5.32 Å². The van der Waals surface area contributed by atoms with Crippen LogP contribution in [0.25, 0.3) is 22.3 Å². The molecule has 2 N–H and O–H groups in total. The van der Waals surface area contributed by atoms with Crippen molar-refractivity contribution in [3.63, 3.8) is 0 Å². The molecule has 140 valence electrons. The smallest absolute Gasteiger partial charge is 0.230 e. The maximum Gasteiger partial charge on any atom is 0.230 e. The lowest BCUT2D eigenvalue weighted by molar-refractivity contribution is -0.119. The number of rotatable bonds is 6. The van der Waals surface area contributed by atoms with Crippen molar-refractivity contribution in [1.82, 2.24) is 25.5 Å². The van der Waals surface area contributed by atoms with Gasteiger partial charge in [-0.05, 0) is 35.4 Å². The van der Waals surface area contributed by atoms with Gasteiger partial charge in [-0.1, -0.05) is 60.3 Å². The van der Waals surface area contributed by atoms with Crippen molar-refractivity contribution in [2.24, 2.45) is 0 Å². The molecule has 2 aromatic carbocycles. The number of hydrogen-bond donors (Lipinski definition) is 2. The first-order valence-electron chi connectivity index (χ1n) is 8.94. The topological polar surface area (TPSA) is 83.6 Å². The Labute approximate surface area is 166 Å². The van der Waals surface area contributed by atoms with Gasteiger partial charge in [0.15, 0.2) is 5.82 Å². The number of hydrogen-bond acceptors (Lipinski definition) is 5. The van der Waals surface area contributed by atoms with E-state index in [2.05, 4.69) is 49.7 Å². The van der Waals surface area contributed by atoms with E-state index >= 15 is 0 Å². The summed E-state index contributed by atoms with van der Waals surface area (Å²) in [6, 6.07) is 19.8. The first-order chi connectivity index (χ1) is 13.7. The largest absolute Gasteiger partial charge is 0.349 e. The number of carbonyl (C=O) groups is 1. The number of H-pyrrole nitrogens is 1. The summed E-state index contributed by atoms with van der Waals surface area (Å²) in [5.74, 6) is 0.775. The fraction of sp³-hybridized carbons (Fsp3) is 0.143. The molecule has 4 rings (SSSR count). The molecule has 0 aliphatic carbocycles. The molecule has 0 spiro atoms. The Kier molecular flexibility index (Phi) is 5.34. The molecule has 0 fully saturated rings. The van der Waals surface area contributed by atoms with Gasteiger partial charge in [0.1, 0.15) is 5.69 Å². The third-order valence-corrected chi connectivity index (χ3v) is 5.22. The zero-order valence-corrected chi connectivity index (χ0v) is 16.1. The summed E-state index contributed by atoms with van der Waals surface area (Å²) < 4.78 is 0. The van der Waals surface area contributed by atoms with Crippen LogP contribution in [0.15, 0.2) is 72.0 Å². The van der Waals surface area contributed by atoms with Gasteiger partial charge in [-0.15, -0.1) is 5.10 Å². The number of fused-ring (bicyclic) bond motifs is 1. The minimum absolute atomic E-state index is 0.0605. The van der Waals surface area contributed by atoms with Gasteiger partial charge in [-0.3, -0.25) is 14.9 Å². The van der Waals surface area contributed by atoms with E-state index < -0.39 is 0 Å². The molecule has 4 aromatic rings. The third kappa shape index (κ3) is 4.04. The quantitative estimate of drug-likeness (QED) is 0.487. The Bertz CT molecular complexity index is 1090. The Morgan fingerprint density at radius 3 is 2.79 bits per heavy atom. The fourth-order valence-corrected chi connectivity index (χ4v) is 3.66. The maximum atomic E-state index is 12.4. The second-order valence-electron chi connectivity index (χ2n) is 6.33. The third-order valence-electron chi connectivity index (χ3n) is 4.37. The van der Waals surface area contributed by atoms with Crippen molar-refractivity contribution in [1.29, 1.82) is 0 Å². The van der Waals surface area contributed by atoms with Crippen molar-refractivity contribution >= 4 is 28.4 Å². The van der Waals surface area contributed by atoms with Gasteiger partial charge in [0.25, 0.3) is 0 Å². The number of carbonyl (C=O) groups excluding carboxylic acids is 1. The molecule has 0 saturated carbocycles. The van der Waals surface area contributed by atoms with E-state index in [1.165, 1.54) is 17.1 Å². The Morgan fingerprint density at radius 1 is 1.11 bits per heavy atom. The molecule has 0 bridgehead atoms. The van der Waals surface area contributed by atoms with Crippen LogP contribution in [0.2, 0.25) is 0 Å². The molecule has 6 nitrogen and oxygen atoms in total.